The molecule has 0 bridgehead atoms. The molecule has 4 aliphatic rings. The summed E-state index contributed by atoms with van der Waals surface area (Å²) in [6.45, 7) is 4.48. The van der Waals surface area contributed by atoms with Crippen molar-refractivity contribution in [2.75, 3.05) is 0 Å². The maximum atomic E-state index is 12.3. The number of ether oxygens (including phenoxy) is 1. The number of fused-ring (bicyclic) bond motifs is 5. The number of esters is 1. The highest BCUT2D eigenvalue weighted by Crippen LogP contribution is 2.63. The number of Topliss-reactive ketones (excluding diaryl/α,β-unsaturated/α-hetero) is 1. The van der Waals surface area contributed by atoms with Crippen LogP contribution >= 0.6 is 0 Å². The lowest BCUT2D eigenvalue weighted by Crippen LogP contribution is -2.50. The molecule has 0 radical (unpaired) electrons. The standard InChI is InChI=1S/C18H24O3/c1-17-9-7-13-11(12(17)4-5-14(17)19)3-6-15-18(13,2)10-8-16(20)21-15/h6,11-13H,3-5,7-10H2,1-2H3/t11-,12-,13-,17-,18+/m0/s1. The number of ketones is 1. The summed E-state index contributed by atoms with van der Waals surface area (Å²) in [7, 11) is 0. The van der Waals surface area contributed by atoms with Gasteiger partial charge in [0.2, 0.25) is 0 Å². The van der Waals surface area contributed by atoms with Gasteiger partial charge in [0.1, 0.15) is 11.5 Å². The average Bonchev–Trinajstić information content (AvgIpc) is 2.76. The minimum absolute atomic E-state index is 0.0177. The maximum Gasteiger partial charge on any atom is 0.310 e. The molecule has 2 saturated carbocycles. The van der Waals surface area contributed by atoms with Crippen molar-refractivity contribution in [3.63, 3.8) is 0 Å². The third-order valence-electron chi connectivity index (χ3n) is 7.18. The molecule has 0 spiro atoms. The Bertz CT molecular complexity index is 549. The number of allylic oxidation sites excluding steroid dienone is 2. The Balaban J connectivity index is 1.71. The molecule has 0 amide bonds. The second-order valence-electron chi connectivity index (χ2n) is 7.99. The van der Waals surface area contributed by atoms with Crippen LogP contribution in [0.25, 0.3) is 0 Å². The Hall–Kier alpha value is -1.12. The lowest BCUT2D eigenvalue weighted by Gasteiger charge is -2.55. The molecule has 1 saturated heterocycles. The summed E-state index contributed by atoms with van der Waals surface area (Å²) in [6, 6.07) is 0. The third kappa shape index (κ3) is 1.66. The van der Waals surface area contributed by atoms with Crippen LogP contribution in [-0.4, -0.2) is 11.8 Å². The van der Waals surface area contributed by atoms with Crippen molar-refractivity contribution in [2.45, 2.75) is 58.8 Å². The largest absolute Gasteiger partial charge is 0.431 e. The van der Waals surface area contributed by atoms with Gasteiger partial charge in [-0.2, -0.15) is 0 Å². The highest BCUT2D eigenvalue weighted by Gasteiger charge is 2.59. The summed E-state index contributed by atoms with van der Waals surface area (Å²) in [6.07, 6.45) is 8.56. The zero-order chi connectivity index (χ0) is 14.8. The van der Waals surface area contributed by atoms with Crippen LogP contribution in [0.5, 0.6) is 0 Å². The molecule has 1 aliphatic heterocycles. The molecular weight excluding hydrogens is 264 g/mol. The van der Waals surface area contributed by atoms with Gasteiger partial charge < -0.3 is 4.74 Å². The predicted octanol–water partition coefficient (Wildman–Crippen LogP) is 3.63. The minimum atomic E-state index is -0.0752. The molecule has 5 atom stereocenters. The fourth-order valence-corrected chi connectivity index (χ4v) is 5.84. The van der Waals surface area contributed by atoms with Gasteiger partial charge in [-0.3, -0.25) is 9.59 Å². The lowest BCUT2D eigenvalue weighted by atomic mass is 9.50. The fourth-order valence-electron chi connectivity index (χ4n) is 5.84. The molecule has 0 aromatic carbocycles. The van der Waals surface area contributed by atoms with E-state index in [1.807, 2.05) is 0 Å². The van der Waals surface area contributed by atoms with E-state index in [9.17, 15) is 9.59 Å². The van der Waals surface area contributed by atoms with Gasteiger partial charge in [-0.15, -0.1) is 0 Å². The molecule has 114 valence electrons. The third-order valence-corrected chi connectivity index (χ3v) is 7.18. The minimum Gasteiger partial charge on any atom is -0.431 e. The van der Waals surface area contributed by atoms with Crippen molar-refractivity contribution < 1.29 is 14.3 Å². The van der Waals surface area contributed by atoms with E-state index in [2.05, 4.69) is 19.9 Å². The summed E-state index contributed by atoms with van der Waals surface area (Å²) in [5.41, 5.74) is -0.0575. The summed E-state index contributed by atoms with van der Waals surface area (Å²) in [4.78, 5) is 23.9. The summed E-state index contributed by atoms with van der Waals surface area (Å²) in [5.74, 6) is 3.05. The molecule has 4 rings (SSSR count). The van der Waals surface area contributed by atoms with Crippen LogP contribution in [0.2, 0.25) is 0 Å². The number of carbonyl (C=O) groups excluding carboxylic acids is 2. The number of hydrogen-bond donors (Lipinski definition) is 0. The van der Waals surface area contributed by atoms with Crippen LogP contribution in [-0.2, 0) is 14.3 Å². The van der Waals surface area contributed by atoms with E-state index < -0.39 is 0 Å². The second kappa shape index (κ2) is 4.21. The molecule has 1 heterocycles. The lowest BCUT2D eigenvalue weighted by molar-refractivity contribution is -0.152. The van der Waals surface area contributed by atoms with E-state index in [-0.39, 0.29) is 16.8 Å². The molecule has 3 heteroatoms. The van der Waals surface area contributed by atoms with Crippen LogP contribution in [0, 0.1) is 28.6 Å². The quantitative estimate of drug-likeness (QED) is 0.639. The molecule has 0 unspecified atom stereocenters. The Morgan fingerprint density at radius 1 is 1.05 bits per heavy atom. The molecule has 3 aliphatic carbocycles. The van der Waals surface area contributed by atoms with E-state index in [1.165, 1.54) is 0 Å². The first-order chi connectivity index (χ1) is 9.95. The highest BCUT2D eigenvalue weighted by atomic mass is 16.5. The van der Waals surface area contributed by atoms with Crippen molar-refractivity contribution >= 4 is 11.8 Å². The smallest absolute Gasteiger partial charge is 0.310 e. The topological polar surface area (TPSA) is 43.4 Å². The summed E-state index contributed by atoms with van der Waals surface area (Å²) < 4.78 is 5.56. The molecule has 0 N–H and O–H groups in total. The Morgan fingerprint density at radius 3 is 2.62 bits per heavy atom. The van der Waals surface area contributed by atoms with Gasteiger partial charge in [0, 0.05) is 23.7 Å². The van der Waals surface area contributed by atoms with E-state index in [0.29, 0.717) is 30.0 Å². The first-order valence-corrected chi connectivity index (χ1v) is 8.40. The SMILES string of the molecule is C[C@]12CCC(=O)OC1=CC[C@@H]1[C@@H]2CC[C@]2(C)C(=O)CC[C@@H]12. The summed E-state index contributed by atoms with van der Waals surface area (Å²) >= 11 is 0. The van der Waals surface area contributed by atoms with Crippen LogP contribution in [0.1, 0.15) is 58.8 Å². The monoisotopic (exact) mass is 288 g/mol. The van der Waals surface area contributed by atoms with E-state index in [4.69, 9.17) is 4.74 Å². The number of hydrogen-bond acceptors (Lipinski definition) is 3. The van der Waals surface area contributed by atoms with Crippen LogP contribution < -0.4 is 0 Å². The zero-order valence-electron chi connectivity index (χ0n) is 13.0. The summed E-state index contributed by atoms with van der Waals surface area (Å²) in [5, 5.41) is 0. The number of carbonyl (C=O) groups is 2. The van der Waals surface area contributed by atoms with Crippen molar-refractivity contribution in [3.8, 4) is 0 Å². The molecular formula is C18H24O3. The Labute approximate surface area is 126 Å². The average molecular weight is 288 g/mol. The van der Waals surface area contributed by atoms with Crippen molar-refractivity contribution in [3.05, 3.63) is 11.8 Å². The molecule has 0 aromatic heterocycles. The normalized spacial score (nSPS) is 48.9. The van der Waals surface area contributed by atoms with Gasteiger partial charge >= 0.3 is 5.97 Å². The molecule has 21 heavy (non-hydrogen) atoms. The van der Waals surface area contributed by atoms with Gasteiger partial charge in [-0.1, -0.05) is 13.8 Å². The van der Waals surface area contributed by atoms with E-state index in [1.54, 1.807) is 0 Å². The van der Waals surface area contributed by atoms with Gasteiger partial charge in [-0.05, 0) is 55.9 Å². The second-order valence-corrected chi connectivity index (χ2v) is 7.99. The van der Waals surface area contributed by atoms with Crippen LogP contribution in [0.3, 0.4) is 0 Å². The number of rotatable bonds is 0. The van der Waals surface area contributed by atoms with Crippen LogP contribution in [0.15, 0.2) is 11.8 Å². The molecule has 3 fully saturated rings. The van der Waals surface area contributed by atoms with Gasteiger partial charge in [0.15, 0.2) is 0 Å². The molecule has 0 aromatic rings. The van der Waals surface area contributed by atoms with E-state index in [0.717, 1.165) is 44.3 Å². The first kappa shape index (κ1) is 13.5. The van der Waals surface area contributed by atoms with Crippen molar-refractivity contribution in [1.29, 1.82) is 0 Å². The van der Waals surface area contributed by atoms with Crippen molar-refractivity contribution in [1.82, 2.24) is 0 Å². The Morgan fingerprint density at radius 2 is 1.81 bits per heavy atom. The molecule has 3 nitrogen and oxygen atoms in total. The van der Waals surface area contributed by atoms with Gasteiger partial charge in [0.05, 0.1) is 0 Å². The van der Waals surface area contributed by atoms with Crippen LogP contribution in [0.4, 0.5) is 0 Å². The van der Waals surface area contributed by atoms with Gasteiger partial charge in [0.25, 0.3) is 0 Å². The highest BCUT2D eigenvalue weighted by molar-refractivity contribution is 5.87. The van der Waals surface area contributed by atoms with Gasteiger partial charge in [-0.25, -0.2) is 0 Å². The first-order valence-electron chi connectivity index (χ1n) is 8.40. The van der Waals surface area contributed by atoms with E-state index >= 15 is 0 Å². The Kier molecular flexibility index (Phi) is 2.71. The van der Waals surface area contributed by atoms with Crippen molar-refractivity contribution in [2.24, 2.45) is 28.6 Å². The fraction of sp³-hybridized carbons (Fsp3) is 0.778. The predicted molar refractivity (Wildman–Crippen MR) is 78.2 cm³/mol. The maximum absolute atomic E-state index is 12.3. The zero-order valence-corrected chi connectivity index (χ0v) is 13.0.